The third-order valence-electron chi connectivity index (χ3n) is 6.85. The molecule has 2 aliphatic heterocycles. The van der Waals surface area contributed by atoms with Gasteiger partial charge in [0.25, 0.3) is 5.69 Å². The van der Waals surface area contributed by atoms with Crippen LogP contribution in [0.5, 0.6) is 0 Å². The molecule has 0 spiro atoms. The number of carbonyl (C=O) groups is 4. The zero-order chi connectivity index (χ0) is 28.4. The minimum absolute atomic E-state index is 0.0332. The largest absolute Gasteiger partial charge is 0.480 e. The number of esters is 1. The third-order valence-corrected chi connectivity index (χ3v) is 8.59. The lowest BCUT2D eigenvalue weighted by Gasteiger charge is -2.43. The van der Waals surface area contributed by atoms with E-state index in [4.69, 9.17) is 4.74 Å². The van der Waals surface area contributed by atoms with Gasteiger partial charge in [-0.05, 0) is 28.8 Å². The molecule has 0 saturated carbocycles. The van der Waals surface area contributed by atoms with Crippen LogP contribution in [0.2, 0.25) is 0 Å². The topological polar surface area (TPSA) is 156 Å². The van der Waals surface area contributed by atoms with Crippen molar-refractivity contribution in [2.24, 2.45) is 0 Å². The number of hydrogen-bond acceptors (Lipinski definition) is 8. The number of β-lactam (4-membered cyclic amide) rings is 1. The number of carbonyl (C=O) groups excluding carboxylic acids is 3. The van der Waals surface area contributed by atoms with Crippen molar-refractivity contribution in [3.8, 4) is 0 Å². The van der Waals surface area contributed by atoms with Crippen LogP contribution in [0, 0.1) is 10.1 Å². The first kappa shape index (κ1) is 26.9. The Morgan fingerprint density at radius 3 is 2.20 bits per heavy atom. The maximum atomic E-state index is 13.5. The molecular formula is C28H23N3O8S. The molecule has 3 aromatic rings. The molecule has 11 nitrogen and oxygen atoms in total. The van der Waals surface area contributed by atoms with Crippen molar-refractivity contribution in [3.05, 3.63) is 112 Å². The standard InChI is InChI=1S/C28H23N3O8S/c32-21(15-17-7-3-1-4-8-17)29-22-24(33)30-23(26(34)39-16-18-11-13-20(14-12-18)31(37)38)28(27(35)36,40-25(22)30)19-9-5-2-6-10-19/h1-14,22-23,25H,15-16H2,(H,29,32)(H,35,36)/t22-,23+,25-,28?/m1/s1. The Kier molecular flexibility index (Phi) is 7.26. The van der Waals surface area contributed by atoms with Gasteiger partial charge in [-0.15, -0.1) is 11.8 Å². The van der Waals surface area contributed by atoms with E-state index in [1.54, 1.807) is 54.6 Å². The van der Waals surface area contributed by atoms with Crippen LogP contribution in [0.25, 0.3) is 0 Å². The Bertz CT molecular complexity index is 1470. The van der Waals surface area contributed by atoms with Crippen LogP contribution in [0.3, 0.4) is 0 Å². The van der Waals surface area contributed by atoms with E-state index in [1.165, 1.54) is 24.3 Å². The van der Waals surface area contributed by atoms with Gasteiger partial charge in [-0.25, -0.2) is 4.79 Å². The highest BCUT2D eigenvalue weighted by molar-refractivity contribution is 8.02. The number of ether oxygens (including phenoxy) is 1. The molecule has 40 heavy (non-hydrogen) atoms. The lowest BCUT2D eigenvalue weighted by molar-refractivity contribution is -0.384. The van der Waals surface area contributed by atoms with Gasteiger partial charge in [0.1, 0.15) is 18.0 Å². The molecule has 2 amide bonds. The quantitative estimate of drug-likeness (QED) is 0.173. The molecule has 2 fully saturated rings. The molecule has 3 aromatic carbocycles. The number of thioether (sulfide) groups is 1. The van der Waals surface area contributed by atoms with Gasteiger partial charge in [0.2, 0.25) is 11.8 Å². The van der Waals surface area contributed by atoms with E-state index in [2.05, 4.69) is 5.32 Å². The maximum Gasteiger partial charge on any atom is 0.331 e. The Labute approximate surface area is 232 Å². The van der Waals surface area contributed by atoms with Gasteiger partial charge in [0.05, 0.1) is 11.3 Å². The molecule has 2 saturated heterocycles. The summed E-state index contributed by atoms with van der Waals surface area (Å²) in [6.07, 6.45) is 0.0332. The van der Waals surface area contributed by atoms with Crippen molar-refractivity contribution in [3.63, 3.8) is 0 Å². The summed E-state index contributed by atoms with van der Waals surface area (Å²) in [5.41, 5.74) is 1.36. The summed E-state index contributed by atoms with van der Waals surface area (Å²) in [5, 5.41) is 23.3. The minimum atomic E-state index is -1.90. The zero-order valence-electron chi connectivity index (χ0n) is 20.8. The fraction of sp³-hybridized carbons (Fsp3) is 0.214. The highest BCUT2D eigenvalue weighted by Gasteiger charge is 2.71. The second-order valence-electron chi connectivity index (χ2n) is 9.30. The van der Waals surface area contributed by atoms with Crippen molar-refractivity contribution in [1.82, 2.24) is 10.2 Å². The van der Waals surface area contributed by atoms with E-state index in [0.29, 0.717) is 11.1 Å². The van der Waals surface area contributed by atoms with Crippen molar-refractivity contribution in [1.29, 1.82) is 0 Å². The van der Waals surface area contributed by atoms with Crippen LogP contribution < -0.4 is 5.32 Å². The van der Waals surface area contributed by atoms with Gasteiger partial charge in [-0.3, -0.25) is 24.5 Å². The number of rotatable bonds is 9. The van der Waals surface area contributed by atoms with Gasteiger partial charge in [-0.2, -0.15) is 0 Å². The van der Waals surface area contributed by atoms with E-state index < -0.39 is 50.9 Å². The molecule has 2 aliphatic rings. The number of carboxylic acid groups (broad SMARTS) is 1. The third kappa shape index (κ3) is 4.77. The summed E-state index contributed by atoms with van der Waals surface area (Å²) in [4.78, 5) is 63.9. The van der Waals surface area contributed by atoms with Crippen LogP contribution in [0.15, 0.2) is 84.9 Å². The Balaban J connectivity index is 1.40. The molecule has 204 valence electrons. The molecule has 4 atom stereocenters. The smallest absolute Gasteiger partial charge is 0.331 e. The number of nitrogens with one attached hydrogen (secondary N) is 1. The van der Waals surface area contributed by atoms with E-state index in [9.17, 15) is 34.4 Å². The van der Waals surface area contributed by atoms with E-state index in [0.717, 1.165) is 22.2 Å². The summed E-state index contributed by atoms with van der Waals surface area (Å²) in [7, 11) is 0. The number of aliphatic carboxylic acids is 1. The zero-order valence-corrected chi connectivity index (χ0v) is 21.7. The van der Waals surface area contributed by atoms with Crippen molar-refractivity contribution >= 4 is 41.2 Å². The summed E-state index contributed by atoms with van der Waals surface area (Å²) in [6.45, 7) is -0.285. The number of non-ortho nitro benzene ring substituents is 1. The predicted octanol–water partition coefficient (Wildman–Crippen LogP) is 2.63. The number of fused-ring (bicyclic) bond motifs is 1. The van der Waals surface area contributed by atoms with Crippen molar-refractivity contribution in [2.75, 3.05) is 0 Å². The Morgan fingerprint density at radius 2 is 1.60 bits per heavy atom. The second kappa shape index (κ2) is 10.8. The summed E-state index contributed by atoms with van der Waals surface area (Å²) in [6, 6.07) is 19.9. The van der Waals surface area contributed by atoms with Gasteiger partial charge in [-0.1, -0.05) is 60.7 Å². The first-order chi connectivity index (χ1) is 19.2. The number of nitro benzene ring substituents is 1. The van der Waals surface area contributed by atoms with Crippen molar-refractivity contribution < 1.29 is 33.9 Å². The molecule has 2 heterocycles. The lowest BCUT2D eigenvalue weighted by Crippen LogP contribution is -2.71. The number of hydrogen-bond donors (Lipinski definition) is 2. The maximum absolute atomic E-state index is 13.5. The number of carboxylic acids is 1. The fourth-order valence-corrected chi connectivity index (χ4v) is 6.66. The van der Waals surface area contributed by atoms with Crippen molar-refractivity contribution in [2.45, 2.75) is 35.2 Å². The first-order valence-corrected chi connectivity index (χ1v) is 13.1. The van der Waals surface area contributed by atoms with E-state index in [-0.39, 0.29) is 18.7 Å². The lowest BCUT2D eigenvalue weighted by atomic mass is 9.87. The molecule has 0 radical (unpaired) electrons. The minimum Gasteiger partial charge on any atom is -0.480 e. The predicted molar refractivity (Wildman–Crippen MR) is 143 cm³/mol. The Hall–Kier alpha value is -4.71. The molecule has 0 aliphatic carbocycles. The number of nitro groups is 1. The highest BCUT2D eigenvalue weighted by Crippen LogP contribution is 2.57. The number of amides is 2. The SMILES string of the molecule is O=C(Cc1ccccc1)N[C@@H]1C(=O)N2[C@@H]1SC(C(=O)O)(c1ccccc1)[C@@H]2C(=O)OCc1ccc([N+](=O)[O-])cc1. The average molecular weight is 562 g/mol. The van der Waals surface area contributed by atoms with Gasteiger partial charge >= 0.3 is 11.9 Å². The van der Waals surface area contributed by atoms with Crippen LogP contribution in [-0.2, 0) is 41.7 Å². The summed E-state index contributed by atoms with van der Waals surface area (Å²) < 4.78 is 3.57. The average Bonchev–Trinajstić information content (AvgIpc) is 3.29. The molecule has 0 aromatic heterocycles. The molecular weight excluding hydrogens is 538 g/mol. The molecule has 2 N–H and O–H groups in total. The Morgan fingerprint density at radius 1 is 0.975 bits per heavy atom. The molecule has 12 heteroatoms. The van der Waals surface area contributed by atoms with Crippen LogP contribution in [0.1, 0.15) is 16.7 Å². The van der Waals surface area contributed by atoms with Gasteiger partial charge in [0, 0.05) is 12.1 Å². The second-order valence-corrected chi connectivity index (χ2v) is 10.7. The molecule has 0 bridgehead atoms. The van der Waals surface area contributed by atoms with Gasteiger partial charge < -0.3 is 20.1 Å². The summed E-state index contributed by atoms with van der Waals surface area (Å²) >= 11 is 0.908. The monoisotopic (exact) mass is 561 g/mol. The van der Waals surface area contributed by atoms with E-state index in [1.807, 2.05) is 6.07 Å². The number of nitrogens with zero attached hydrogens (tertiary/aromatic N) is 2. The van der Waals surface area contributed by atoms with Gasteiger partial charge in [0.15, 0.2) is 10.8 Å². The molecule has 1 unspecified atom stereocenters. The number of benzene rings is 3. The van der Waals surface area contributed by atoms with Crippen LogP contribution >= 0.6 is 11.8 Å². The molecule has 5 rings (SSSR count). The fourth-order valence-electron chi connectivity index (χ4n) is 4.90. The first-order valence-electron chi connectivity index (χ1n) is 12.2. The summed E-state index contributed by atoms with van der Waals surface area (Å²) in [5.74, 6) is -3.27. The highest BCUT2D eigenvalue weighted by atomic mass is 32.2. The van der Waals surface area contributed by atoms with E-state index >= 15 is 0 Å². The van der Waals surface area contributed by atoms with Crippen LogP contribution in [-0.4, -0.2) is 56.1 Å². The van der Waals surface area contributed by atoms with Crippen LogP contribution in [0.4, 0.5) is 5.69 Å². The normalized spacial score (nSPS) is 23.1.